The van der Waals surface area contributed by atoms with Crippen molar-refractivity contribution in [1.29, 1.82) is 0 Å². The molecule has 1 fully saturated rings. The number of nitrogens with zero attached hydrogens (tertiary/aromatic N) is 6. The summed E-state index contributed by atoms with van der Waals surface area (Å²) in [4.78, 5) is 21.9. The molecule has 1 amide bonds. The van der Waals surface area contributed by atoms with Crippen molar-refractivity contribution in [1.82, 2.24) is 24.9 Å². The number of piperazine rings is 1. The van der Waals surface area contributed by atoms with Gasteiger partial charge in [-0.1, -0.05) is 34.5 Å². The molecule has 33 heavy (non-hydrogen) atoms. The normalized spacial score (nSPS) is 13.9. The minimum Gasteiger partial charge on any atom is -0.368 e. The Labute approximate surface area is 197 Å². The summed E-state index contributed by atoms with van der Waals surface area (Å²) in [5.41, 5.74) is 4.91. The average Bonchev–Trinajstić information content (AvgIpc) is 3.30. The van der Waals surface area contributed by atoms with E-state index in [1.165, 1.54) is 11.3 Å². The van der Waals surface area contributed by atoms with Crippen molar-refractivity contribution in [3.05, 3.63) is 89.3 Å². The van der Waals surface area contributed by atoms with Gasteiger partial charge in [0.15, 0.2) is 5.69 Å². The molecular formula is C25H23ClN6O. The van der Waals surface area contributed by atoms with Crippen LogP contribution >= 0.6 is 11.6 Å². The summed E-state index contributed by atoms with van der Waals surface area (Å²) in [5, 5.41) is 9.25. The molecule has 0 aliphatic carbocycles. The number of carbonyl (C=O) groups excluding carboxylic acids is 1. The Balaban J connectivity index is 1.42. The number of amides is 1. The Morgan fingerprint density at radius 3 is 2.27 bits per heavy atom. The van der Waals surface area contributed by atoms with Crippen molar-refractivity contribution < 1.29 is 4.79 Å². The standard InChI is InChI=1S/C25H23ClN6O/c1-18-4-8-21(9-5-18)30-13-15-31(16-14-30)25(33)23-24(19-3-2-12-27-17-19)32(29-28-23)22-10-6-20(26)7-11-22/h2-12,17H,13-16H2,1H3. The second-order valence-electron chi connectivity index (χ2n) is 8.03. The molecule has 0 unspecified atom stereocenters. The second-order valence-corrected chi connectivity index (χ2v) is 8.47. The number of carbonyl (C=O) groups is 1. The molecular weight excluding hydrogens is 436 g/mol. The lowest BCUT2D eigenvalue weighted by atomic mass is 10.1. The number of rotatable bonds is 4. The van der Waals surface area contributed by atoms with E-state index in [4.69, 9.17) is 11.6 Å². The van der Waals surface area contributed by atoms with E-state index in [0.29, 0.717) is 29.5 Å². The van der Waals surface area contributed by atoms with E-state index < -0.39 is 0 Å². The fraction of sp³-hybridized carbons (Fsp3) is 0.200. The first-order valence-electron chi connectivity index (χ1n) is 10.8. The molecule has 2 aromatic carbocycles. The van der Waals surface area contributed by atoms with Crippen LogP contribution in [0.4, 0.5) is 5.69 Å². The maximum absolute atomic E-state index is 13.5. The fourth-order valence-electron chi connectivity index (χ4n) is 4.02. The molecule has 0 atom stereocenters. The van der Waals surface area contributed by atoms with Gasteiger partial charge in [-0.3, -0.25) is 9.78 Å². The summed E-state index contributed by atoms with van der Waals surface area (Å²) in [6.45, 7) is 4.85. The number of halogens is 1. The molecule has 0 radical (unpaired) electrons. The third kappa shape index (κ3) is 4.32. The van der Waals surface area contributed by atoms with E-state index in [1.54, 1.807) is 29.2 Å². The number of hydrogen-bond donors (Lipinski definition) is 0. The summed E-state index contributed by atoms with van der Waals surface area (Å²) in [6, 6.07) is 19.5. The topological polar surface area (TPSA) is 67.2 Å². The molecule has 1 saturated heterocycles. The summed E-state index contributed by atoms with van der Waals surface area (Å²) in [7, 11) is 0. The first kappa shape index (κ1) is 21.2. The van der Waals surface area contributed by atoms with Crippen LogP contribution in [0.5, 0.6) is 0 Å². The first-order chi connectivity index (χ1) is 16.1. The summed E-state index contributed by atoms with van der Waals surface area (Å²) >= 11 is 6.06. The molecule has 166 valence electrons. The Bertz CT molecular complexity index is 1250. The first-order valence-corrected chi connectivity index (χ1v) is 11.2. The zero-order chi connectivity index (χ0) is 22.8. The molecule has 0 saturated carbocycles. The van der Waals surface area contributed by atoms with E-state index in [2.05, 4.69) is 51.4 Å². The Hall–Kier alpha value is -3.71. The van der Waals surface area contributed by atoms with Crippen LogP contribution in [0.1, 0.15) is 16.1 Å². The van der Waals surface area contributed by atoms with Gasteiger partial charge in [-0.15, -0.1) is 5.10 Å². The van der Waals surface area contributed by atoms with E-state index in [0.717, 1.165) is 24.3 Å². The highest BCUT2D eigenvalue weighted by Crippen LogP contribution is 2.27. The number of aromatic nitrogens is 4. The van der Waals surface area contributed by atoms with Gasteiger partial charge in [-0.05, 0) is 55.5 Å². The van der Waals surface area contributed by atoms with Gasteiger partial charge in [0.1, 0.15) is 5.69 Å². The Morgan fingerprint density at radius 2 is 1.61 bits per heavy atom. The number of hydrogen-bond acceptors (Lipinski definition) is 5. The number of benzene rings is 2. The van der Waals surface area contributed by atoms with Gasteiger partial charge < -0.3 is 9.80 Å². The zero-order valence-corrected chi connectivity index (χ0v) is 19.0. The Kier molecular flexibility index (Phi) is 5.79. The largest absolute Gasteiger partial charge is 0.368 e. The van der Waals surface area contributed by atoms with Gasteiger partial charge in [0.25, 0.3) is 5.91 Å². The molecule has 1 aliphatic rings. The minimum atomic E-state index is -0.127. The molecule has 0 spiro atoms. The van der Waals surface area contributed by atoms with Crippen molar-refractivity contribution in [2.24, 2.45) is 0 Å². The minimum absolute atomic E-state index is 0.127. The SMILES string of the molecule is Cc1ccc(N2CCN(C(=O)c3nnn(-c4ccc(Cl)cc4)c3-c3cccnc3)CC2)cc1. The maximum atomic E-state index is 13.5. The monoisotopic (exact) mass is 458 g/mol. The van der Waals surface area contributed by atoms with Gasteiger partial charge in [0, 0.05) is 54.8 Å². The summed E-state index contributed by atoms with van der Waals surface area (Å²) in [6.07, 6.45) is 3.42. The third-order valence-electron chi connectivity index (χ3n) is 5.85. The molecule has 3 heterocycles. The molecule has 2 aromatic heterocycles. The highest BCUT2D eigenvalue weighted by Gasteiger charge is 2.29. The van der Waals surface area contributed by atoms with Gasteiger partial charge >= 0.3 is 0 Å². The predicted octanol–water partition coefficient (Wildman–Crippen LogP) is 4.25. The van der Waals surface area contributed by atoms with Crippen LogP contribution in [-0.2, 0) is 0 Å². The highest BCUT2D eigenvalue weighted by molar-refractivity contribution is 6.30. The summed E-state index contributed by atoms with van der Waals surface area (Å²) in [5.74, 6) is -0.127. The predicted molar refractivity (Wildman–Crippen MR) is 129 cm³/mol. The third-order valence-corrected chi connectivity index (χ3v) is 6.10. The molecule has 8 heteroatoms. The van der Waals surface area contributed by atoms with Crippen molar-refractivity contribution in [3.8, 4) is 16.9 Å². The highest BCUT2D eigenvalue weighted by atomic mass is 35.5. The van der Waals surface area contributed by atoms with Gasteiger partial charge in [0.2, 0.25) is 0 Å². The van der Waals surface area contributed by atoms with Crippen molar-refractivity contribution in [3.63, 3.8) is 0 Å². The lowest BCUT2D eigenvalue weighted by Gasteiger charge is -2.36. The molecule has 1 aliphatic heterocycles. The lowest BCUT2D eigenvalue weighted by Crippen LogP contribution is -2.49. The van der Waals surface area contributed by atoms with Crippen LogP contribution in [0.25, 0.3) is 16.9 Å². The van der Waals surface area contributed by atoms with Gasteiger partial charge in [0.05, 0.1) is 5.69 Å². The fourth-order valence-corrected chi connectivity index (χ4v) is 4.15. The number of anilines is 1. The van der Waals surface area contributed by atoms with E-state index >= 15 is 0 Å². The average molecular weight is 459 g/mol. The number of pyridine rings is 1. The number of aryl methyl sites for hydroxylation is 1. The van der Waals surface area contributed by atoms with Crippen LogP contribution in [0, 0.1) is 6.92 Å². The van der Waals surface area contributed by atoms with E-state index in [9.17, 15) is 4.79 Å². The molecule has 4 aromatic rings. The molecule has 0 bridgehead atoms. The molecule has 5 rings (SSSR count). The van der Waals surface area contributed by atoms with Crippen molar-refractivity contribution >= 4 is 23.2 Å². The molecule has 7 nitrogen and oxygen atoms in total. The van der Waals surface area contributed by atoms with Crippen LogP contribution < -0.4 is 4.90 Å². The smallest absolute Gasteiger partial charge is 0.276 e. The van der Waals surface area contributed by atoms with Crippen LogP contribution in [0.15, 0.2) is 73.1 Å². The summed E-state index contributed by atoms with van der Waals surface area (Å²) < 4.78 is 1.67. The second kappa shape index (κ2) is 9.03. The quantitative estimate of drug-likeness (QED) is 0.457. The zero-order valence-electron chi connectivity index (χ0n) is 18.2. The lowest BCUT2D eigenvalue weighted by molar-refractivity contribution is 0.0741. The van der Waals surface area contributed by atoms with Crippen LogP contribution in [-0.4, -0.2) is 57.0 Å². The van der Waals surface area contributed by atoms with E-state index in [-0.39, 0.29) is 5.91 Å². The van der Waals surface area contributed by atoms with Gasteiger partial charge in [-0.2, -0.15) is 0 Å². The van der Waals surface area contributed by atoms with Crippen LogP contribution in [0.3, 0.4) is 0 Å². The van der Waals surface area contributed by atoms with Crippen LogP contribution in [0.2, 0.25) is 5.02 Å². The van der Waals surface area contributed by atoms with Crippen molar-refractivity contribution in [2.45, 2.75) is 6.92 Å². The Morgan fingerprint density at radius 1 is 0.909 bits per heavy atom. The van der Waals surface area contributed by atoms with Gasteiger partial charge in [-0.25, -0.2) is 4.68 Å². The molecule has 0 N–H and O–H groups in total. The van der Waals surface area contributed by atoms with Crippen molar-refractivity contribution in [2.75, 3.05) is 31.1 Å². The maximum Gasteiger partial charge on any atom is 0.276 e. The van der Waals surface area contributed by atoms with E-state index in [1.807, 2.05) is 29.2 Å².